The van der Waals surface area contributed by atoms with Gasteiger partial charge in [-0.3, -0.25) is 0 Å². The van der Waals surface area contributed by atoms with E-state index in [1.807, 2.05) is 0 Å². The summed E-state index contributed by atoms with van der Waals surface area (Å²) in [6.07, 6.45) is -3.74. The number of carbonyl (C=O) groups is 1. The number of rotatable bonds is 3. The molecule has 21 heavy (non-hydrogen) atoms. The highest BCUT2D eigenvalue weighted by molar-refractivity contribution is 6.99. The van der Waals surface area contributed by atoms with Crippen LogP contribution in [0.1, 0.15) is 17.4 Å². The molecule has 0 spiro atoms. The number of nitrogens with zero attached hydrogens (tertiary/aromatic N) is 2. The van der Waals surface area contributed by atoms with Crippen molar-refractivity contribution in [3.8, 4) is 22.8 Å². The fourth-order valence-corrected chi connectivity index (χ4v) is 2.40. The Morgan fingerprint density at radius 1 is 1.38 bits per heavy atom. The summed E-state index contributed by atoms with van der Waals surface area (Å²) in [5.41, 5.74) is 0.271. The van der Waals surface area contributed by atoms with Gasteiger partial charge in [0.2, 0.25) is 0 Å². The minimum atomic E-state index is -3.74. The van der Waals surface area contributed by atoms with E-state index in [2.05, 4.69) is 18.2 Å². The Bertz CT molecular complexity index is 704. The van der Waals surface area contributed by atoms with Gasteiger partial charge in [0.15, 0.2) is 17.2 Å². The van der Waals surface area contributed by atoms with Crippen LogP contribution in [-0.4, -0.2) is 27.6 Å². The zero-order valence-corrected chi connectivity index (χ0v) is 11.4. The summed E-state index contributed by atoms with van der Waals surface area (Å²) >= 11 is 0.776. The molecule has 9 heteroatoms. The molecule has 1 aromatic carbocycles. The Labute approximate surface area is 121 Å². The van der Waals surface area contributed by atoms with Gasteiger partial charge in [-0.2, -0.15) is 8.75 Å². The van der Waals surface area contributed by atoms with Crippen LogP contribution in [0.25, 0.3) is 11.3 Å². The summed E-state index contributed by atoms with van der Waals surface area (Å²) in [5, 5.41) is 0. The van der Waals surface area contributed by atoms with E-state index in [0.717, 1.165) is 11.7 Å². The predicted octanol–water partition coefficient (Wildman–Crippen LogP) is 2.70. The van der Waals surface area contributed by atoms with Gasteiger partial charge in [0.1, 0.15) is 5.69 Å². The third-order valence-electron chi connectivity index (χ3n) is 2.64. The second kappa shape index (κ2) is 4.92. The Morgan fingerprint density at radius 3 is 2.95 bits per heavy atom. The van der Waals surface area contributed by atoms with E-state index in [1.54, 1.807) is 6.92 Å². The maximum atomic E-state index is 13.2. The van der Waals surface area contributed by atoms with Crippen molar-refractivity contribution < 1.29 is 27.8 Å². The van der Waals surface area contributed by atoms with Crippen LogP contribution in [0, 0.1) is 0 Å². The number of hydrogen-bond acceptors (Lipinski definition) is 7. The van der Waals surface area contributed by atoms with E-state index in [9.17, 15) is 13.6 Å². The van der Waals surface area contributed by atoms with Gasteiger partial charge in [0.05, 0.1) is 23.9 Å². The van der Waals surface area contributed by atoms with Crippen molar-refractivity contribution in [1.82, 2.24) is 8.75 Å². The average Bonchev–Trinajstić information content (AvgIpc) is 3.00. The molecule has 2 aromatic rings. The minimum Gasteiger partial charge on any atom is -0.461 e. The quantitative estimate of drug-likeness (QED) is 0.811. The number of benzene rings is 1. The molecule has 0 amide bonds. The highest BCUT2D eigenvalue weighted by atomic mass is 32.1. The van der Waals surface area contributed by atoms with Crippen LogP contribution >= 0.6 is 11.7 Å². The van der Waals surface area contributed by atoms with Gasteiger partial charge in [-0.05, 0) is 19.1 Å². The van der Waals surface area contributed by atoms with E-state index in [0.29, 0.717) is 0 Å². The average molecular weight is 314 g/mol. The lowest BCUT2D eigenvalue weighted by Gasteiger charge is -2.06. The fraction of sp³-hybridized carbons (Fsp3) is 0.250. The first-order chi connectivity index (χ1) is 10.0. The third-order valence-corrected chi connectivity index (χ3v) is 3.17. The molecule has 0 N–H and O–H groups in total. The molecule has 0 saturated heterocycles. The van der Waals surface area contributed by atoms with Crippen molar-refractivity contribution in [2.45, 2.75) is 13.2 Å². The van der Waals surface area contributed by atoms with E-state index < -0.39 is 12.3 Å². The predicted molar refractivity (Wildman–Crippen MR) is 67.5 cm³/mol. The number of aromatic nitrogens is 2. The smallest absolute Gasteiger partial charge is 0.461 e. The lowest BCUT2D eigenvalue weighted by atomic mass is 10.1. The molecule has 1 aliphatic rings. The Morgan fingerprint density at radius 2 is 2.19 bits per heavy atom. The topological polar surface area (TPSA) is 70.5 Å². The molecular weight excluding hydrogens is 306 g/mol. The van der Waals surface area contributed by atoms with Crippen LogP contribution in [0.3, 0.4) is 0 Å². The van der Waals surface area contributed by atoms with Crippen LogP contribution in [0.5, 0.6) is 11.5 Å². The summed E-state index contributed by atoms with van der Waals surface area (Å²) in [6, 6.07) is 4.32. The highest BCUT2D eigenvalue weighted by Gasteiger charge is 2.45. The molecule has 0 saturated carbocycles. The molecule has 1 aliphatic heterocycles. The second-order valence-corrected chi connectivity index (χ2v) is 4.51. The number of alkyl halides is 2. The number of esters is 1. The largest absolute Gasteiger partial charge is 0.586 e. The molecule has 0 radical (unpaired) electrons. The van der Waals surface area contributed by atoms with E-state index in [1.165, 1.54) is 18.2 Å². The number of fused-ring (bicyclic) bond motifs is 1. The zero-order chi connectivity index (χ0) is 15.0. The van der Waals surface area contributed by atoms with Crippen molar-refractivity contribution in [1.29, 1.82) is 0 Å². The van der Waals surface area contributed by atoms with E-state index >= 15 is 0 Å². The number of hydrogen-bond donors (Lipinski definition) is 0. The maximum Gasteiger partial charge on any atom is 0.586 e. The Hall–Kier alpha value is -2.29. The number of halogens is 2. The SMILES string of the molecule is CCOC(=O)c1nsnc1-c1cccc2c1OC(F)(F)O2. The van der Waals surface area contributed by atoms with Crippen molar-refractivity contribution in [3.05, 3.63) is 23.9 Å². The molecular formula is C12H8F2N2O4S. The molecule has 0 unspecified atom stereocenters. The lowest BCUT2D eigenvalue weighted by molar-refractivity contribution is -0.286. The summed E-state index contributed by atoms with van der Waals surface area (Å²) in [6.45, 7) is 1.81. The van der Waals surface area contributed by atoms with Crippen LogP contribution in [-0.2, 0) is 4.74 Å². The Kier molecular flexibility index (Phi) is 3.20. The highest BCUT2D eigenvalue weighted by Crippen LogP contribution is 2.47. The van der Waals surface area contributed by atoms with Crippen LogP contribution in [0.4, 0.5) is 8.78 Å². The van der Waals surface area contributed by atoms with Crippen molar-refractivity contribution in [2.75, 3.05) is 6.61 Å². The fourth-order valence-electron chi connectivity index (χ4n) is 1.85. The molecule has 0 bridgehead atoms. The van der Waals surface area contributed by atoms with Gasteiger partial charge < -0.3 is 14.2 Å². The van der Waals surface area contributed by atoms with Crippen molar-refractivity contribution in [3.63, 3.8) is 0 Å². The van der Waals surface area contributed by atoms with Gasteiger partial charge in [-0.15, -0.1) is 8.78 Å². The van der Waals surface area contributed by atoms with E-state index in [-0.39, 0.29) is 35.1 Å². The number of para-hydroxylation sites is 1. The third kappa shape index (κ3) is 2.40. The van der Waals surface area contributed by atoms with Crippen molar-refractivity contribution >= 4 is 17.7 Å². The van der Waals surface area contributed by atoms with Crippen LogP contribution < -0.4 is 9.47 Å². The first-order valence-corrected chi connectivity index (χ1v) is 6.64. The first kappa shape index (κ1) is 13.7. The summed E-state index contributed by atoms with van der Waals surface area (Å²) < 4.78 is 47.8. The standard InChI is InChI=1S/C12H8F2N2O4S/c1-2-18-11(17)9-8(15-21-16-9)6-4-3-5-7-10(6)20-12(13,14)19-7/h3-5H,2H2,1H3. The molecule has 6 nitrogen and oxygen atoms in total. The van der Waals surface area contributed by atoms with Crippen molar-refractivity contribution in [2.24, 2.45) is 0 Å². The normalized spacial score (nSPS) is 15.0. The van der Waals surface area contributed by atoms with Gasteiger partial charge >= 0.3 is 12.3 Å². The van der Waals surface area contributed by atoms with Gasteiger partial charge in [0.25, 0.3) is 0 Å². The molecule has 0 atom stereocenters. The summed E-state index contributed by atoms with van der Waals surface area (Å²) in [4.78, 5) is 11.8. The van der Waals surface area contributed by atoms with Crippen LogP contribution in [0.15, 0.2) is 18.2 Å². The second-order valence-electron chi connectivity index (χ2n) is 3.98. The maximum absolute atomic E-state index is 13.2. The minimum absolute atomic E-state index is 0.0472. The van der Waals surface area contributed by atoms with Crippen LogP contribution in [0.2, 0.25) is 0 Å². The first-order valence-electron chi connectivity index (χ1n) is 5.90. The summed E-state index contributed by atoms with van der Waals surface area (Å²) in [7, 11) is 0. The van der Waals surface area contributed by atoms with Gasteiger partial charge in [-0.1, -0.05) is 6.07 Å². The molecule has 1 aromatic heterocycles. The van der Waals surface area contributed by atoms with E-state index in [4.69, 9.17) is 4.74 Å². The Balaban J connectivity index is 2.06. The van der Waals surface area contributed by atoms with Gasteiger partial charge in [-0.25, -0.2) is 4.79 Å². The molecule has 110 valence electrons. The molecule has 3 rings (SSSR count). The molecule has 2 heterocycles. The molecule has 0 aliphatic carbocycles. The van der Waals surface area contributed by atoms with Gasteiger partial charge in [0, 0.05) is 0 Å². The lowest BCUT2D eigenvalue weighted by Crippen LogP contribution is -2.26. The number of ether oxygens (including phenoxy) is 3. The zero-order valence-electron chi connectivity index (χ0n) is 10.6. The monoisotopic (exact) mass is 314 g/mol. The molecule has 0 fully saturated rings. The number of carbonyl (C=O) groups excluding carboxylic acids is 1. The summed E-state index contributed by atoms with van der Waals surface area (Å²) in [5.74, 6) is -0.981.